The molecule has 1 aliphatic heterocycles. The van der Waals surface area contributed by atoms with Gasteiger partial charge in [-0.3, -0.25) is 9.69 Å². The summed E-state index contributed by atoms with van der Waals surface area (Å²) in [5.41, 5.74) is 2.46. The van der Waals surface area contributed by atoms with Crippen LogP contribution in [0.2, 0.25) is 0 Å². The van der Waals surface area contributed by atoms with Crippen molar-refractivity contribution in [2.45, 2.75) is 52.0 Å². The lowest BCUT2D eigenvalue weighted by Crippen LogP contribution is -2.44. The van der Waals surface area contributed by atoms with Crippen LogP contribution in [0.4, 0.5) is 0 Å². The Kier molecular flexibility index (Phi) is 6.10. The summed E-state index contributed by atoms with van der Waals surface area (Å²) in [7, 11) is 0. The van der Waals surface area contributed by atoms with Gasteiger partial charge in [0, 0.05) is 19.5 Å². The molecule has 1 saturated carbocycles. The standard InChI is InChI=1S/C20H30N2O3/c1-3-22(4-2)15-17-9-6-5-8-16(17)14-21-19(23)18-10-7-11-20(18)24-12-13-25-20/h5-6,8-9,18H,3-4,7,10-15H2,1-2H3,(H,21,23)/t18-/m1/s1. The minimum absolute atomic E-state index is 0.0528. The van der Waals surface area contributed by atoms with Crippen LogP contribution in [0.3, 0.4) is 0 Å². The van der Waals surface area contributed by atoms with Crippen molar-refractivity contribution in [2.75, 3.05) is 26.3 Å². The highest BCUT2D eigenvalue weighted by Crippen LogP contribution is 2.42. The zero-order valence-electron chi connectivity index (χ0n) is 15.4. The molecule has 0 unspecified atom stereocenters. The average molecular weight is 346 g/mol. The lowest BCUT2D eigenvalue weighted by Gasteiger charge is -2.28. The van der Waals surface area contributed by atoms with E-state index in [1.807, 2.05) is 6.07 Å². The second-order valence-corrected chi connectivity index (χ2v) is 6.90. The van der Waals surface area contributed by atoms with Gasteiger partial charge in [0.1, 0.15) is 0 Å². The maximum atomic E-state index is 12.7. The monoisotopic (exact) mass is 346 g/mol. The molecule has 1 aromatic rings. The number of hydrogen-bond donors (Lipinski definition) is 1. The van der Waals surface area contributed by atoms with Crippen molar-refractivity contribution in [3.05, 3.63) is 35.4 Å². The molecule has 1 spiro atoms. The molecule has 1 saturated heterocycles. The van der Waals surface area contributed by atoms with E-state index >= 15 is 0 Å². The Morgan fingerprint density at radius 1 is 1.20 bits per heavy atom. The summed E-state index contributed by atoms with van der Waals surface area (Å²) in [4.78, 5) is 15.1. The molecular weight excluding hydrogens is 316 g/mol. The van der Waals surface area contributed by atoms with Gasteiger partial charge in [-0.1, -0.05) is 38.1 Å². The Morgan fingerprint density at radius 3 is 2.56 bits per heavy atom. The number of amides is 1. The van der Waals surface area contributed by atoms with Crippen molar-refractivity contribution < 1.29 is 14.3 Å². The minimum Gasteiger partial charge on any atom is -0.352 e. The summed E-state index contributed by atoms with van der Waals surface area (Å²) in [6.45, 7) is 9.06. The fourth-order valence-electron chi connectivity index (χ4n) is 3.97. The molecule has 25 heavy (non-hydrogen) atoms. The Bertz CT molecular complexity index is 575. The molecule has 0 aromatic heterocycles. The Hall–Kier alpha value is -1.43. The molecule has 1 aliphatic carbocycles. The summed E-state index contributed by atoms with van der Waals surface area (Å²) < 4.78 is 11.6. The first-order valence-electron chi connectivity index (χ1n) is 9.53. The van der Waals surface area contributed by atoms with Crippen molar-refractivity contribution >= 4 is 5.91 Å². The van der Waals surface area contributed by atoms with Gasteiger partial charge < -0.3 is 14.8 Å². The predicted octanol–water partition coefficient (Wildman–Crippen LogP) is 2.69. The van der Waals surface area contributed by atoms with Gasteiger partial charge in [-0.25, -0.2) is 0 Å². The second kappa shape index (κ2) is 8.30. The van der Waals surface area contributed by atoms with Crippen LogP contribution in [0.5, 0.6) is 0 Å². The van der Waals surface area contributed by atoms with Crippen molar-refractivity contribution in [3.63, 3.8) is 0 Å². The number of carbonyl (C=O) groups is 1. The molecule has 1 atom stereocenters. The van der Waals surface area contributed by atoms with Crippen LogP contribution in [0.1, 0.15) is 44.2 Å². The molecule has 0 radical (unpaired) electrons. The Balaban J connectivity index is 1.62. The van der Waals surface area contributed by atoms with Crippen molar-refractivity contribution in [2.24, 2.45) is 5.92 Å². The van der Waals surface area contributed by atoms with Crippen LogP contribution in [-0.4, -0.2) is 42.9 Å². The Labute approximate surface area is 150 Å². The fourth-order valence-corrected chi connectivity index (χ4v) is 3.97. The molecule has 0 bridgehead atoms. The third-order valence-corrected chi connectivity index (χ3v) is 5.50. The summed E-state index contributed by atoms with van der Waals surface area (Å²) in [6.07, 6.45) is 2.65. The molecule has 1 heterocycles. The SMILES string of the molecule is CCN(CC)Cc1ccccc1CNC(=O)[C@H]1CCCC12OCCO2. The molecule has 2 aliphatic rings. The summed E-state index contributed by atoms with van der Waals surface area (Å²) in [5.74, 6) is -0.799. The lowest BCUT2D eigenvalue weighted by atomic mass is 10.0. The predicted molar refractivity (Wildman–Crippen MR) is 96.9 cm³/mol. The van der Waals surface area contributed by atoms with E-state index in [1.165, 1.54) is 11.1 Å². The van der Waals surface area contributed by atoms with E-state index < -0.39 is 5.79 Å². The maximum Gasteiger partial charge on any atom is 0.228 e. The topological polar surface area (TPSA) is 50.8 Å². The van der Waals surface area contributed by atoms with Crippen LogP contribution in [0.25, 0.3) is 0 Å². The molecule has 5 nitrogen and oxygen atoms in total. The Morgan fingerprint density at radius 2 is 1.88 bits per heavy atom. The van der Waals surface area contributed by atoms with Crippen LogP contribution in [0.15, 0.2) is 24.3 Å². The van der Waals surface area contributed by atoms with Crippen molar-refractivity contribution in [3.8, 4) is 0 Å². The van der Waals surface area contributed by atoms with Gasteiger partial charge in [-0.05, 0) is 37.1 Å². The van der Waals surface area contributed by atoms with Crippen LogP contribution in [-0.2, 0) is 27.4 Å². The first kappa shape index (κ1) is 18.4. The zero-order valence-corrected chi connectivity index (χ0v) is 15.4. The normalized spacial score (nSPS) is 22.0. The molecule has 2 fully saturated rings. The number of nitrogens with one attached hydrogen (secondary N) is 1. The van der Waals surface area contributed by atoms with Gasteiger partial charge in [0.25, 0.3) is 0 Å². The molecule has 3 rings (SSSR count). The van der Waals surface area contributed by atoms with Crippen LogP contribution >= 0.6 is 0 Å². The third-order valence-electron chi connectivity index (χ3n) is 5.50. The number of ether oxygens (including phenoxy) is 2. The number of nitrogens with zero attached hydrogens (tertiary/aromatic N) is 1. The van der Waals surface area contributed by atoms with E-state index in [9.17, 15) is 4.79 Å². The fraction of sp³-hybridized carbons (Fsp3) is 0.650. The van der Waals surface area contributed by atoms with E-state index in [4.69, 9.17) is 9.47 Å². The van der Waals surface area contributed by atoms with Crippen LogP contribution < -0.4 is 5.32 Å². The highest BCUT2D eigenvalue weighted by Gasteiger charge is 2.51. The molecule has 138 valence electrons. The highest BCUT2D eigenvalue weighted by atomic mass is 16.7. The quantitative estimate of drug-likeness (QED) is 0.825. The average Bonchev–Trinajstić information content (AvgIpc) is 3.28. The van der Waals surface area contributed by atoms with E-state index in [2.05, 4.69) is 42.3 Å². The summed E-state index contributed by atoms with van der Waals surface area (Å²) in [6, 6.07) is 8.36. The molecular formula is C20H30N2O3. The number of carbonyl (C=O) groups excluding carboxylic acids is 1. The molecule has 1 N–H and O–H groups in total. The molecule has 1 amide bonds. The highest BCUT2D eigenvalue weighted by molar-refractivity contribution is 5.80. The summed E-state index contributed by atoms with van der Waals surface area (Å²) >= 11 is 0. The van der Waals surface area contributed by atoms with E-state index in [1.54, 1.807) is 0 Å². The van der Waals surface area contributed by atoms with Gasteiger partial charge in [-0.2, -0.15) is 0 Å². The third kappa shape index (κ3) is 4.05. The molecule has 1 aromatic carbocycles. The minimum atomic E-state index is -0.662. The van der Waals surface area contributed by atoms with Crippen LogP contribution in [0, 0.1) is 5.92 Å². The van der Waals surface area contributed by atoms with E-state index in [0.717, 1.165) is 38.9 Å². The summed E-state index contributed by atoms with van der Waals surface area (Å²) in [5, 5.41) is 3.12. The van der Waals surface area contributed by atoms with Crippen molar-refractivity contribution in [1.82, 2.24) is 10.2 Å². The first-order valence-corrected chi connectivity index (χ1v) is 9.53. The second-order valence-electron chi connectivity index (χ2n) is 6.90. The smallest absolute Gasteiger partial charge is 0.228 e. The number of benzene rings is 1. The van der Waals surface area contributed by atoms with Gasteiger partial charge in [-0.15, -0.1) is 0 Å². The molecule has 5 heteroatoms. The van der Waals surface area contributed by atoms with E-state index in [0.29, 0.717) is 19.8 Å². The van der Waals surface area contributed by atoms with Crippen molar-refractivity contribution in [1.29, 1.82) is 0 Å². The van der Waals surface area contributed by atoms with Gasteiger partial charge in [0.15, 0.2) is 5.79 Å². The largest absolute Gasteiger partial charge is 0.352 e. The zero-order chi connectivity index (χ0) is 17.7. The van der Waals surface area contributed by atoms with Gasteiger partial charge in [0.2, 0.25) is 5.91 Å². The van der Waals surface area contributed by atoms with Gasteiger partial charge in [0.05, 0.1) is 19.1 Å². The lowest BCUT2D eigenvalue weighted by molar-refractivity contribution is -0.186. The number of rotatable bonds is 7. The number of hydrogen-bond acceptors (Lipinski definition) is 4. The van der Waals surface area contributed by atoms with E-state index in [-0.39, 0.29) is 11.8 Å². The van der Waals surface area contributed by atoms with Gasteiger partial charge >= 0.3 is 0 Å². The first-order chi connectivity index (χ1) is 12.2. The maximum absolute atomic E-state index is 12.7.